The first-order valence-corrected chi connectivity index (χ1v) is 18.3. The number of hydrogen-bond donors (Lipinski definition) is 0. The third kappa shape index (κ3) is 2.45. The summed E-state index contributed by atoms with van der Waals surface area (Å²) < 4.78 is 0. The summed E-state index contributed by atoms with van der Waals surface area (Å²) in [6.07, 6.45) is 13.5. The molecule has 4 aliphatic rings. The van der Waals surface area contributed by atoms with Crippen molar-refractivity contribution in [2.24, 2.45) is 0 Å². The summed E-state index contributed by atoms with van der Waals surface area (Å²) in [5.41, 5.74) is 9.85. The molecule has 0 radical (unpaired) electrons. The number of rotatable bonds is 9. The van der Waals surface area contributed by atoms with Crippen molar-refractivity contribution in [3.05, 3.63) is 69.8 Å². The predicted molar refractivity (Wildman–Crippen MR) is 193 cm³/mol. The highest BCUT2D eigenvalue weighted by molar-refractivity contribution is 6.58. The molecule has 1 heterocycles. The van der Waals surface area contributed by atoms with Gasteiger partial charge in [0, 0.05) is 24.9 Å². The van der Waals surface area contributed by atoms with Gasteiger partial charge in [0.05, 0.1) is 0 Å². The van der Waals surface area contributed by atoms with Crippen LogP contribution >= 0.6 is 0 Å². The van der Waals surface area contributed by atoms with E-state index >= 15 is 0 Å². The molecular weight excluding hydrogens is 542 g/mol. The summed E-state index contributed by atoms with van der Waals surface area (Å²) in [6, 6.07) is 15.5. The predicted octanol–water partition coefficient (Wildman–Crippen LogP) is 11.5. The minimum atomic E-state index is 0.638. The first-order valence-electron chi connectivity index (χ1n) is 18.3. The summed E-state index contributed by atoms with van der Waals surface area (Å²) in [5, 5.41) is 25.8. The minimum Gasteiger partial charge on any atom is -0.302 e. The molecular formula is C44H37N. The first kappa shape index (κ1) is 23.6. The summed E-state index contributed by atoms with van der Waals surface area (Å²) in [6.45, 7) is 6.10. The second-order valence-corrected chi connectivity index (χ2v) is 15.9. The van der Waals surface area contributed by atoms with Crippen LogP contribution in [0.2, 0.25) is 0 Å². The van der Waals surface area contributed by atoms with Crippen molar-refractivity contribution in [3.8, 4) is 0 Å². The molecule has 1 saturated heterocycles. The number of fused-ring (bicyclic) bond motifs is 3. The fourth-order valence-electron chi connectivity index (χ4n) is 12.2. The monoisotopic (exact) mass is 579 g/mol. The molecule has 2 atom stereocenters. The Balaban J connectivity index is 1.04. The van der Waals surface area contributed by atoms with Crippen LogP contribution in [0.25, 0.3) is 86.2 Å². The van der Waals surface area contributed by atoms with Gasteiger partial charge in [-0.25, -0.2) is 0 Å². The molecule has 1 aliphatic heterocycles. The SMILES string of the molecule is CCCCCCCCCCN1CC2c3cc4c5c6c(cc7ccc8cc9c%10c%11c(cc(c%12c3c5c(c%12%11)c3c6c7c8c%103)C2C1)C9)C4. The highest BCUT2D eigenvalue weighted by Gasteiger charge is 2.44. The van der Waals surface area contributed by atoms with E-state index in [1.54, 1.807) is 109 Å². The van der Waals surface area contributed by atoms with Crippen LogP contribution in [0.4, 0.5) is 0 Å². The van der Waals surface area contributed by atoms with Gasteiger partial charge in [0.25, 0.3) is 0 Å². The minimum absolute atomic E-state index is 0.638. The highest BCUT2D eigenvalue weighted by atomic mass is 15.2. The topological polar surface area (TPSA) is 3.24 Å². The summed E-state index contributed by atoms with van der Waals surface area (Å²) >= 11 is 0. The molecule has 9 aromatic carbocycles. The smallest absolute Gasteiger partial charge is 0.00571 e. The standard InChI is InChI=1S/C44H37N/c1-2-3-4-5-6-7-8-9-12-45-19-29-27-17-25-15-23-13-21-10-11-22-14-24-16-26-18-28(30(29)20-45)38-37(27)41-35(25)33(23)39-31(21)32(22)40-34(24)36(26)42(38)44(41)43(39)40/h10-11,13-14,17-18,29-30H,2-9,12,15-16,19-20H2,1H3. The summed E-state index contributed by atoms with van der Waals surface area (Å²) in [5.74, 6) is 1.28. The first-order chi connectivity index (χ1) is 22.3. The number of nitrogens with zero attached hydrogens (tertiary/aromatic N) is 1. The van der Waals surface area contributed by atoms with E-state index in [9.17, 15) is 0 Å². The largest absolute Gasteiger partial charge is 0.302 e. The zero-order valence-corrected chi connectivity index (χ0v) is 26.3. The van der Waals surface area contributed by atoms with Gasteiger partial charge in [0.15, 0.2) is 0 Å². The van der Waals surface area contributed by atoms with E-state index < -0.39 is 0 Å². The van der Waals surface area contributed by atoms with E-state index in [0.717, 1.165) is 12.8 Å². The molecule has 1 nitrogen and oxygen atoms in total. The van der Waals surface area contributed by atoms with Gasteiger partial charge in [-0.3, -0.25) is 0 Å². The molecule has 0 amide bonds. The molecule has 0 N–H and O–H groups in total. The van der Waals surface area contributed by atoms with Crippen molar-refractivity contribution >= 4 is 86.2 Å². The van der Waals surface area contributed by atoms with Crippen LogP contribution in [0.5, 0.6) is 0 Å². The number of likely N-dealkylation sites (tertiary alicyclic amines) is 1. The van der Waals surface area contributed by atoms with Gasteiger partial charge < -0.3 is 4.90 Å². The normalized spacial score (nSPS) is 20.5. The quantitative estimate of drug-likeness (QED) is 0.121. The van der Waals surface area contributed by atoms with Gasteiger partial charge in [-0.15, -0.1) is 0 Å². The molecule has 3 aliphatic carbocycles. The molecule has 218 valence electrons. The van der Waals surface area contributed by atoms with Gasteiger partial charge in [-0.1, -0.05) is 88.3 Å². The molecule has 0 bridgehead atoms. The Labute approximate surface area is 262 Å². The van der Waals surface area contributed by atoms with E-state index in [4.69, 9.17) is 0 Å². The number of unbranched alkanes of at least 4 members (excludes halogenated alkanes) is 7. The van der Waals surface area contributed by atoms with E-state index in [-0.39, 0.29) is 0 Å². The molecule has 9 aromatic rings. The Kier molecular flexibility index (Phi) is 4.01. The van der Waals surface area contributed by atoms with E-state index in [0.29, 0.717) is 11.8 Å². The van der Waals surface area contributed by atoms with E-state index in [2.05, 4.69) is 48.2 Å². The molecule has 1 heteroatoms. The average molecular weight is 580 g/mol. The second kappa shape index (κ2) is 7.64. The Hall–Kier alpha value is -3.68. The molecule has 0 saturated carbocycles. The lowest BCUT2D eigenvalue weighted by molar-refractivity contribution is 0.321. The zero-order chi connectivity index (χ0) is 28.9. The van der Waals surface area contributed by atoms with E-state index in [1.807, 2.05) is 0 Å². The van der Waals surface area contributed by atoms with Gasteiger partial charge in [0.1, 0.15) is 0 Å². The average Bonchev–Trinajstić information content (AvgIpc) is 3.85. The third-order valence-electron chi connectivity index (χ3n) is 13.7. The van der Waals surface area contributed by atoms with Crippen molar-refractivity contribution in [1.29, 1.82) is 0 Å². The lowest BCUT2D eigenvalue weighted by Gasteiger charge is -2.28. The third-order valence-corrected chi connectivity index (χ3v) is 13.7. The summed E-state index contributed by atoms with van der Waals surface area (Å²) in [4.78, 5) is 2.87. The summed E-state index contributed by atoms with van der Waals surface area (Å²) in [7, 11) is 0. The van der Waals surface area contributed by atoms with Gasteiger partial charge in [0.2, 0.25) is 0 Å². The maximum Gasteiger partial charge on any atom is 0.00571 e. The fourth-order valence-corrected chi connectivity index (χ4v) is 12.2. The molecule has 2 unspecified atom stereocenters. The number of hydrogen-bond acceptors (Lipinski definition) is 1. The molecule has 0 spiro atoms. The van der Waals surface area contributed by atoms with Crippen molar-refractivity contribution < 1.29 is 0 Å². The molecule has 13 rings (SSSR count). The molecule has 0 aromatic heterocycles. The van der Waals surface area contributed by atoms with Crippen LogP contribution in [0.3, 0.4) is 0 Å². The van der Waals surface area contributed by atoms with Crippen LogP contribution in [0.15, 0.2) is 36.4 Å². The van der Waals surface area contributed by atoms with Crippen molar-refractivity contribution in [3.63, 3.8) is 0 Å². The second-order valence-electron chi connectivity index (χ2n) is 15.9. The van der Waals surface area contributed by atoms with Crippen LogP contribution < -0.4 is 0 Å². The maximum absolute atomic E-state index is 2.87. The Bertz CT molecular complexity index is 2530. The lowest BCUT2D eigenvalue weighted by atomic mass is 9.75. The van der Waals surface area contributed by atoms with E-state index in [1.165, 1.54) is 81.8 Å². The van der Waals surface area contributed by atoms with Gasteiger partial charge >= 0.3 is 0 Å². The van der Waals surface area contributed by atoms with Crippen molar-refractivity contribution in [1.82, 2.24) is 4.90 Å². The zero-order valence-electron chi connectivity index (χ0n) is 26.3. The van der Waals surface area contributed by atoms with Crippen LogP contribution in [-0.4, -0.2) is 24.5 Å². The Morgan fingerprint density at radius 3 is 1.40 bits per heavy atom. The van der Waals surface area contributed by atoms with Crippen molar-refractivity contribution in [2.75, 3.05) is 19.6 Å². The van der Waals surface area contributed by atoms with Crippen LogP contribution in [0, 0.1) is 0 Å². The Morgan fingerprint density at radius 1 is 0.467 bits per heavy atom. The van der Waals surface area contributed by atoms with Gasteiger partial charge in [-0.05, 0) is 145 Å². The van der Waals surface area contributed by atoms with Crippen molar-refractivity contribution in [2.45, 2.75) is 83.0 Å². The maximum atomic E-state index is 2.87. The molecule has 1 fully saturated rings. The number of benzene rings is 7. The lowest BCUT2D eigenvalue weighted by Crippen LogP contribution is -2.21. The molecule has 45 heavy (non-hydrogen) atoms. The fraction of sp³-hybridized carbons (Fsp3) is 0.364. The Morgan fingerprint density at radius 2 is 0.889 bits per heavy atom. The van der Waals surface area contributed by atoms with Crippen LogP contribution in [-0.2, 0) is 12.8 Å². The highest BCUT2D eigenvalue weighted by Crippen LogP contribution is 2.65. The van der Waals surface area contributed by atoms with Gasteiger partial charge in [-0.2, -0.15) is 0 Å². The van der Waals surface area contributed by atoms with Crippen LogP contribution in [0.1, 0.15) is 104 Å².